The van der Waals surface area contributed by atoms with Crippen LogP contribution in [0.15, 0.2) is 65.7 Å². The number of nitrogens with zero attached hydrogens (tertiary/aromatic N) is 3. The number of non-ortho nitro benzene ring substituents is 1. The molecule has 2 aromatic carbocycles. The Labute approximate surface area is 152 Å². The molecule has 3 rings (SSSR count). The SMILES string of the molecule is O=C(CSc1ccc(-c2ccc([N+](=O)[O-])cc2)nn1)c1ccc(F)cc1. The van der Waals surface area contributed by atoms with E-state index in [2.05, 4.69) is 10.2 Å². The lowest BCUT2D eigenvalue weighted by Gasteiger charge is -2.03. The van der Waals surface area contributed by atoms with Gasteiger partial charge in [0.2, 0.25) is 0 Å². The number of carbonyl (C=O) groups is 1. The van der Waals surface area contributed by atoms with Crippen molar-refractivity contribution in [1.82, 2.24) is 10.2 Å². The Hall–Kier alpha value is -3.13. The zero-order chi connectivity index (χ0) is 18.5. The predicted octanol–water partition coefficient (Wildman–Crippen LogP) is 4.17. The van der Waals surface area contributed by atoms with Crippen LogP contribution >= 0.6 is 11.8 Å². The van der Waals surface area contributed by atoms with Crippen molar-refractivity contribution >= 4 is 23.2 Å². The lowest BCUT2D eigenvalue weighted by atomic mass is 10.1. The van der Waals surface area contributed by atoms with Gasteiger partial charge >= 0.3 is 0 Å². The highest BCUT2D eigenvalue weighted by Crippen LogP contribution is 2.22. The van der Waals surface area contributed by atoms with E-state index < -0.39 is 4.92 Å². The Morgan fingerprint density at radius 3 is 2.27 bits per heavy atom. The number of halogens is 1. The number of rotatable bonds is 6. The van der Waals surface area contributed by atoms with Gasteiger partial charge in [0.1, 0.15) is 10.8 Å². The van der Waals surface area contributed by atoms with Crippen LogP contribution < -0.4 is 0 Å². The first-order chi connectivity index (χ1) is 12.5. The second kappa shape index (κ2) is 7.83. The summed E-state index contributed by atoms with van der Waals surface area (Å²) in [6.45, 7) is 0. The van der Waals surface area contributed by atoms with Crippen LogP contribution in [0.2, 0.25) is 0 Å². The molecule has 0 radical (unpaired) electrons. The van der Waals surface area contributed by atoms with E-state index in [1.165, 1.54) is 48.2 Å². The molecule has 130 valence electrons. The molecule has 0 unspecified atom stereocenters. The normalized spacial score (nSPS) is 10.5. The van der Waals surface area contributed by atoms with Crippen molar-refractivity contribution in [1.29, 1.82) is 0 Å². The van der Waals surface area contributed by atoms with E-state index in [0.717, 1.165) is 0 Å². The molecule has 0 atom stereocenters. The number of hydrogen-bond donors (Lipinski definition) is 0. The van der Waals surface area contributed by atoms with Crippen LogP contribution in [0, 0.1) is 15.9 Å². The summed E-state index contributed by atoms with van der Waals surface area (Å²) >= 11 is 1.23. The summed E-state index contributed by atoms with van der Waals surface area (Å²) in [6.07, 6.45) is 0. The highest BCUT2D eigenvalue weighted by molar-refractivity contribution is 7.99. The number of nitro groups is 1. The lowest BCUT2D eigenvalue weighted by Crippen LogP contribution is -2.02. The van der Waals surface area contributed by atoms with Crippen LogP contribution in [-0.2, 0) is 0 Å². The van der Waals surface area contributed by atoms with Crippen LogP contribution in [0.4, 0.5) is 10.1 Å². The van der Waals surface area contributed by atoms with Gasteiger partial charge in [0.05, 0.1) is 16.4 Å². The molecule has 26 heavy (non-hydrogen) atoms. The first-order valence-electron chi connectivity index (χ1n) is 7.53. The van der Waals surface area contributed by atoms with E-state index in [-0.39, 0.29) is 23.0 Å². The number of benzene rings is 2. The molecule has 6 nitrogen and oxygen atoms in total. The molecule has 1 heterocycles. The smallest absolute Gasteiger partial charge is 0.269 e. The minimum atomic E-state index is -0.465. The molecule has 8 heteroatoms. The molecule has 0 saturated heterocycles. The van der Waals surface area contributed by atoms with E-state index in [1.54, 1.807) is 24.3 Å². The molecule has 0 N–H and O–H groups in total. The topological polar surface area (TPSA) is 86.0 Å². The number of nitro benzene ring substituents is 1. The van der Waals surface area contributed by atoms with Crippen molar-refractivity contribution in [3.05, 3.63) is 82.2 Å². The summed E-state index contributed by atoms with van der Waals surface area (Å²) < 4.78 is 12.9. The third kappa shape index (κ3) is 4.28. The van der Waals surface area contributed by atoms with Gasteiger partial charge in [0.25, 0.3) is 5.69 Å². The molecular formula is C18H12FN3O3S. The fourth-order valence-electron chi connectivity index (χ4n) is 2.16. The van der Waals surface area contributed by atoms with Gasteiger partial charge in [-0.05, 0) is 48.5 Å². The monoisotopic (exact) mass is 369 g/mol. The number of Topliss-reactive ketones (excluding diaryl/α,β-unsaturated/α-hetero) is 1. The van der Waals surface area contributed by atoms with E-state index in [0.29, 0.717) is 21.8 Å². The van der Waals surface area contributed by atoms with Crippen molar-refractivity contribution < 1.29 is 14.1 Å². The van der Waals surface area contributed by atoms with Gasteiger partial charge < -0.3 is 0 Å². The molecule has 0 saturated carbocycles. The van der Waals surface area contributed by atoms with Crippen molar-refractivity contribution in [2.45, 2.75) is 5.03 Å². The minimum Gasteiger partial charge on any atom is -0.293 e. The van der Waals surface area contributed by atoms with Crippen LogP contribution in [0.3, 0.4) is 0 Å². The largest absolute Gasteiger partial charge is 0.293 e. The van der Waals surface area contributed by atoms with E-state index in [4.69, 9.17) is 0 Å². The average molecular weight is 369 g/mol. The zero-order valence-electron chi connectivity index (χ0n) is 13.3. The average Bonchev–Trinajstić information content (AvgIpc) is 2.67. The van der Waals surface area contributed by atoms with Gasteiger partial charge in [0, 0.05) is 23.3 Å². The van der Waals surface area contributed by atoms with Gasteiger partial charge in [-0.25, -0.2) is 4.39 Å². The maximum absolute atomic E-state index is 12.9. The van der Waals surface area contributed by atoms with E-state index >= 15 is 0 Å². The summed E-state index contributed by atoms with van der Waals surface area (Å²) in [5.74, 6) is -0.352. The van der Waals surface area contributed by atoms with Crippen molar-refractivity contribution in [2.24, 2.45) is 0 Å². The van der Waals surface area contributed by atoms with Gasteiger partial charge in [-0.3, -0.25) is 14.9 Å². The van der Waals surface area contributed by atoms with Crippen LogP contribution in [0.1, 0.15) is 10.4 Å². The molecular weight excluding hydrogens is 357 g/mol. The number of hydrogen-bond acceptors (Lipinski definition) is 6. The molecule has 0 aliphatic heterocycles. The molecule has 0 aliphatic rings. The van der Waals surface area contributed by atoms with Crippen LogP contribution in [0.5, 0.6) is 0 Å². The minimum absolute atomic E-state index is 0.00758. The van der Waals surface area contributed by atoms with Gasteiger partial charge in [-0.1, -0.05) is 11.8 Å². The van der Waals surface area contributed by atoms with Crippen molar-refractivity contribution in [3.63, 3.8) is 0 Å². The summed E-state index contributed by atoms with van der Waals surface area (Å²) in [5.41, 5.74) is 1.73. The van der Waals surface area contributed by atoms with Gasteiger partial charge in [0.15, 0.2) is 5.78 Å². The van der Waals surface area contributed by atoms with Gasteiger partial charge in [-0.2, -0.15) is 0 Å². The second-order valence-corrected chi connectivity index (χ2v) is 6.28. The number of ketones is 1. The zero-order valence-corrected chi connectivity index (χ0v) is 14.1. The fourth-order valence-corrected chi connectivity index (χ4v) is 2.87. The summed E-state index contributed by atoms with van der Waals surface area (Å²) in [4.78, 5) is 22.3. The third-order valence-electron chi connectivity index (χ3n) is 3.53. The Morgan fingerprint density at radius 2 is 1.69 bits per heavy atom. The second-order valence-electron chi connectivity index (χ2n) is 5.28. The van der Waals surface area contributed by atoms with Crippen molar-refractivity contribution in [3.8, 4) is 11.3 Å². The number of thioether (sulfide) groups is 1. The molecule has 0 bridgehead atoms. The maximum atomic E-state index is 12.9. The lowest BCUT2D eigenvalue weighted by molar-refractivity contribution is -0.384. The van der Waals surface area contributed by atoms with Gasteiger partial charge in [-0.15, -0.1) is 10.2 Å². The molecule has 0 aliphatic carbocycles. The van der Waals surface area contributed by atoms with E-state index in [9.17, 15) is 19.3 Å². The highest BCUT2D eigenvalue weighted by atomic mass is 32.2. The molecule has 0 amide bonds. The summed E-state index contributed by atoms with van der Waals surface area (Å²) in [6, 6.07) is 14.9. The number of carbonyl (C=O) groups excluding carboxylic acids is 1. The summed E-state index contributed by atoms with van der Waals surface area (Å²) in [7, 11) is 0. The quantitative estimate of drug-likeness (QED) is 0.281. The van der Waals surface area contributed by atoms with Crippen LogP contribution in [0.25, 0.3) is 11.3 Å². The predicted molar refractivity (Wildman–Crippen MR) is 95.6 cm³/mol. The highest BCUT2D eigenvalue weighted by Gasteiger charge is 2.09. The van der Waals surface area contributed by atoms with E-state index in [1.807, 2.05) is 0 Å². The Bertz CT molecular complexity index is 929. The fraction of sp³-hybridized carbons (Fsp3) is 0.0556. The molecule has 1 aromatic heterocycles. The first kappa shape index (κ1) is 17.7. The third-order valence-corrected chi connectivity index (χ3v) is 4.45. The van der Waals surface area contributed by atoms with Crippen LogP contribution in [-0.4, -0.2) is 26.7 Å². The molecule has 3 aromatic rings. The number of aromatic nitrogens is 2. The maximum Gasteiger partial charge on any atom is 0.269 e. The summed E-state index contributed by atoms with van der Waals surface area (Å²) in [5, 5.41) is 19.4. The Morgan fingerprint density at radius 1 is 1.00 bits per heavy atom. The molecule has 0 spiro atoms. The van der Waals surface area contributed by atoms with Crippen molar-refractivity contribution in [2.75, 3.05) is 5.75 Å². The Kier molecular flexibility index (Phi) is 5.33. The standard InChI is InChI=1S/C18H12FN3O3S/c19-14-5-1-13(2-6-14)17(23)11-26-18-10-9-16(20-21-18)12-3-7-15(8-4-12)22(24)25/h1-10H,11H2. The first-order valence-corrected chi connectivity index (χ1v) is 8.51. The molecule has 0 fully saturated rings. The Balaban J connectivity index is 1.63.